The SMILES string of the molecule is CC(=O)NCCNC(=O)c1oc(C)nc1C. The predicted octanol–water partition coefficient (Wildman–Crippen LogP) is 0.157. The fourth-order valence-electron chi connectivity index (χ4n) is 1.24. The lowest BCUT2D eigenvalue weighted by Crippen LogP contribution is -2.33. The normalized spacial score (nSPS) is 9.94. The summed E-state index contributed by atoms with van der Waals surface area (Å²) in [5, 5.41) is 5.19. The van der Waals surface area contributed by atoms with Crippen LogP contribution in [0.25, 0.3) is 0 Å². The highest BCUT2D eigenvalue weighted by atomic mass is 16.4. The zero-order chi connectivity index (χ0) is 12.1. The molecule has 16 heavy (non-hydrogen) atoms. The van der Waals surface area contributed by atoms with Crippen LogP contribution in [-0.2, 0) is 4.79 Å². The number of carbonyl (C=O) groups excluding carboxylic acids is 2. The molecule has 0 fully saturated rings. The minimum Gasteiger partial charge on any atom is -0.436 e. The Hall–Kier alpha value is -1.85. The highest BCUT2D eigenvalue weighted by Gasteiger charge is 2.14. The molecule has 0 spiro atoms. The third-order valence-corrected chi connectivity index (χ3v) is 1.89. The van der Waals surface area contributed by atoms with Gasteiger partial charge in [0.15, 0.2) is 5.89 Å². The van der Waals surface area contributed by atoms with Gasteiger partial charge in [-0.1, -0.05) is 0 Å². The Bertz CT molecular complexity index is 398. The maximum absolute atomic E-state index is 11.6. The molecule has 1 aromatic heterocycles. The van der Waals surface area contributed by atoms with Gasteiger partial charge in [0, 0.05) is 26.9 Å². The minimum absolute atomic E-state index is 0.124. The van der Waals surface area contributed by atoms with E-state index in [0.29, 0.717) is 24.7 Å². The van der Waals surface area contributed by atoms with Crippen molar-refractivity contribution in [3.63, 3.8) is 0 Å². The topological polar surface area (TPSA) is 84.2 Å². The summed E-state index contributed by atoms with van der Waals surface area (Å²) in [6, 6.07) is 0. The number of carbonyl (C=O) groups is 2. The maximum Gasteiger partial charge on any atom is 0.289 e. The van der Waals surface area contributed by atoms with Gasteiger partial charge in [-0.15, -0.1) is 0 Å². The van der Waals surface area contributed by atoms with Crippen LogP contribution in [0.4, 0.5) is 0 Å². The van der Waals surface area contributed by atoms with E-state index in [1.165, 1.54) is 6.92 Å². The highest BCUT2D eigenvalue weighted by molar-refractivity contribution is 5.92. The molecule has 1 heterocycles. The van der Waals surface area contributed by atoms with E-state index in [1.54, 1.807) is 13.8 Å². The number of amides is 2. The van der Waals surface area contributed by atoms with Crippen molar-refractivity contribution in [1.82, 2.24) is 15.6 Å². The van der Waals surface area contributed by atoms with E-state index in [9.17, 15) is 9.59 Å². The standard InChI is InChI=1S/C10H15N3O3/c1-6-9(16-8(3)13-6)10(15)12-5-4-11-7(2)14/h4-5H2,1-3H3,(H,11,14)(H,12,15). The van der Waals surface area contributed by atoms with Crippen molar-refractivity contribution in [3.05, 3.63) is 17.3 Å². The summed E-state index contributed by atoms with van der Waals surface area (Å²) in [5.74, 6) is 0.245. The van der Waals surface area contributed by atoms with Crippen molar-refractivity contribution in [1.29, 1.82) is 0 Å². The molecule has 0 saturated heterocycles. The predicted molar refractivity (Wildman–Crippen MR) is 57.0 cm³/mol. The lowest BCUT2D eigenvalue weighted by atomic mass is 10.3. The van der Waals surface area contributed by atoms with Crippen LogP contribution in [0.15, 0.2) is 4.42 Å². The Kier molecular flexibility index (Phi) is 4.04. The summed E-state index contributed by atoms with van der Waals surface area (Å²) >= 11 is 0. The monoisotopic (exact) mass is 225 g/mol. The third kappa shape index (κ3) is 3.38. The van der Waals surface area contributed by atoms with Crippen LogP contribution in [0, 0.1) is 13.8 Å². The Labute approximate surface area is 93.4 Å². The molecular weight excluding hydrogens is 210 g/mol. The lowest BCUT2D eigenvalue weighted by Gasteiger charge is -2.03. The first kappa shape index (κ1) is 12.2. The fourth-order valence-corrected chi connectivity index (χ4v) is 1.24. The number of hydrogen-bond donors (Lipinski definition) is 2. The van der Waals surface area contributed by atoms with Gasteiger partial charge in [0.2, 0.25) is 11.7 Å². The number of oxazole rings is 1. The zero-order valence-electron chi connectivity index (χ0n) is 9.59. The van der Waals surface area contributed by atoms with Crippen LogP contribution in [0.3, 0.4) is 0 Å². The van der Waals surface area contributed by atoms with Gasteiger partial charge < -0.3 is 15.1 Å². The van der Waals surface area contributed by atoms with E-state index in [-0.39, 0.29) is 17.6 Å². The molecule has 0 unspecified atom stereocenters. The van der Waals surface area contributed by atoms with Gasteiger partial charge in [0.1, 0.15) is 0 Å². The second-order valence-electron chi connectivity index (χ2n) is 3.39. The summed E-state index contributed by atoms with van der Waals surface area (Å²) in [7, 11) is 0. The first-order chi connectivity index (χ1) is 7.50. The Morgan fingerprint density at radius 2 is 1.88 bits per heavy atom. The number of nitrogens with zero attached hydrogens (tertiary/aromatic N) is 1. The fraction of sp³-hybridized carbons (Fsp3) is 0.500. The quantitative estimate of drug-likeness (QED) is 0.715. The largest absolute Gasteiger partial charge is 0.436 e. The average Bonchev–Trinajstić information content (AvgIpc) is 2.52. The third-order valence-electron chi connectivity index (χ3n) is 1.89. The van der Waals surface area contributed by atoms with Crippen molar-refractivity contribution in [2.75, 3.05) is 13.1 Å². The first-order valence-corrected chi connectivity index (χ1v) is 4.97. The molecule has 2 amide bonds. The summed E-state index contributed by atoms with van der Waals surface area (Å²) in [5.41, 5.74) is 0.564. The van der Waals surface area contributed by atoms with Crippen molar-refractivity contribution in [3.8, 4) is 0 Å². The number of nitrogens with one attached hydrogen (secondary N) is 2. The summed E-state index contributed by atoms with van der Waals surface area (Å²) in [6.45, 7) is 5.57. The highest BCUT2D eigenvalue weighted by Crippen LogP contribution is 2.08. The van der Waals surface area contributed by atoms with E-state index < -0.39 is 0 Å². The maximum atomic E-state index is 11.6. The van der Waals surface area contributed by atoms with Crippen LogP contribution in [0.1, 0.15) is 29.1 Å². The first-order valence-electron chi connectivity index (χ1n) is 4.97. The molecule has 0 bridgehead atoms. The van der Waals surface area contributed by atoms with Crippen molar-refractivity contribution >= 4 is 11.8 Å². The Morgan fingerprint density at radius 1 is 1.25 bits per heavy atom. The van der Waals surface area contributed by atoms with Crippen molar-refractivity contribution < 1.29 is 14.0 Å². The van der Waals surface area contributed by atoms with Gasteiger partial charge >= 0.3 is 0 Å². The van der Waals surface area contributed by atoms with Crippen LogP contribution in [-0.4, -0.2) is 29.9 Å². The van der Waals surface area contributed by atoms with Crippen LogP contribution >= 0.6 is 0 Å². The molecule has 2 N–H and O–H groups in total. The van der Waals surface area contributed by atoms with Gasteiger partial charge in [-0.05, 0) is 6.92 Å². The Balaban J connectivity index is 2.41. The molecule has 1 rings (SSSR count). The molecule has 88 valence electrons. The lowest BCUT2D eigenvalue weighted by molar-refractivity contribution is -0.118. The number of aromatic nitrogens is 1. The summed E-state index contributed by atoms with van der Waals surface area (Å²) < 4.78 is 5.14. The van der Waals surface area contributed by atoms with Crippen molar-refractivity contribution in [2.24, 2.45) is 0 Å². The molecule has 0 radical (unpaired) electrons. The summed E-state index contributed by atoms with van der Waals surface area (Å²) in [4.78, 5) is 26.1. The van der Waals surface area contributed by atoms with Crippen LogP contribution in [0.5, 0.6) is 0 Å². The van der Waals surface area contributed by atoms with E-state index >= 15 is 0 Å². The zero-order valence-corrected chi connectivity index (χ0v) is 9.59. The average molecular weight is 225 g/mol. The number of aryl methyl sites for hydroxylation is 2. The molecule has 0 aromatic carbocycles. The van der Waals surface area contributed by atoms with E-state index in [0.717, 1.165) is 0 Å². The van der Waals surface area contributed by atoms with Crippen molar-refractivity contribution in [2.45, 2.75) is 20.8 Å². The molecule has 0 saturated carbocycles. The number of hydrogen-bond acceptors (Lipinski definition) is 4. The van der Waals surface area contributed by atoms with Gasteiger partial charge in [0.05, 0.1) is 5.69 Å². The molecule has 6 nitrogen and oxygen atoms in total. The smallest absolute Gasteiger partial charge is 0.289 e. The molecule has 0 aliphatic rings. The van der Waals surface area contributed by atoms with Gasteiger partial charge in [0.25, 0.3) is 5.91 Å². The van der Waals surface area contributed by atoms with E-state index in [4.69, 9.17) is 4.42 Å². The second kappa shape index (κ2) is 5.29. The molecular formula is C10H15N3O3. The molecule has 0 aliphatic heterocycles. The second-order valence-corrected chi connectivity index (χ2v) is 3.39. The van der Waals surface area contributed by atoms with Gasteiger partial charge in [-0.25, -0.2) is 4.98 Å². The van der Waals surface area contributed by atoms with E-state index in [1.807, 2.05) is 0 Å². The molecule has 0 aliphatic carbocycles. The minimum atomic E-state index is -0.316. The number of rotatable bonds is 4. The van der Waals surface area contributed by atoms with Crippen LogP contribution in [0.2, 0.25) is 0 Å². The molecule has 6 heteroatoms. The van der Waals surface area contributed by atoms with E-state index in [2.05, 4.69) is 15.6 Å². The van der Waals surface area contributed by atoms with Gasteiger partial charge in [-0.2, -0.15) is 0 Å². The van der Waals surface area contributed by atoms with Crippen LogP contribution < -0.4 is 10.6 Å². The molecule has 0 atom stereocenters. The summed E-state index contributed by atoms with van der Waals surface area (Å²) in [6.07, 6.45) is 0. The van der Waals surface area contributed by atoms with Gasteiger partial charge in [-0.3, -0.25) is 9.59 Å². The Morgan fingerprint density at radius 3 is 2.38 bits per heavy atom. The molecule has 1 aromatic rings.